The predicted octanol–water partition coefficient (Wildman–Crippen LogP) is 1.07. The summed E-state index contributed by atoms with van der Waals surface area (Å²) in [6.45, 7) is 0. The number of nitrogen functional groups attached to an aromatic ring is 1. The number of hydrogen-bond donors (Lipinski definition) is 3. The highest BCUT2D eigenvalue weighted by atomic mass is 19.1. The van der Waals surface area contributed by atoms with Gasteiger partial charge in [0, 0.05) is 6.07 Å². The molecule has 0 saturated carbocycles. The summed E-state index contributed by atoms with van der Waals surface area (Å²) in [6.07, 6.45) is 0. The van der Waals surface area contributed by atoms with E-state index in [9.17, 15) is 13.2 Å². The number of nitrogens with one attached hydrogen (secondary N) is 2. The third kappa shape index (κ3) is 4.53. The van der Waals surface area contributed by atoms with Crippen molar-refractivity contribution in [2.75, 3.05) is 5.43 Å². The van der Waals surface area contributed by atoms with E-state index < -0.39 is 17.5 Å². The molecule has 0 aliphatic carbocycles. The van der Waals surface area contributed by atoms with Gasteiger partial charge in [-0.15, -0.1) is 0 Å². The monoisotopic (exact) mass is 291 g/mol. The largest absolute Gasteiger partial charge is 0.324 e. The van der Waals surface area contributed by atoms with Crippen LogP contribution in [0.25, 0.3) is 0 Å². The van der Waals surface area contributed by atoms with Gasteiger partial charge in [0.1, 0.15) is 29.1 Å². The van der Waals surface area contributed by atoms with E-state index >= 15 is 0 Å². The summed E-state index contributed by atoms with van der Waals surface area (Å²) in [4.78, 5) is 0. The molecule has 0 aliphatic rings. The van der Waals surface area contributed by atoms with E-state index in [1.54, 1.807) is 12.1 Å². The van der Waals surface area contributed by atoms with Crippen LogP contribution >= 0.6 is 0 Å². The second kappa shape index (κ2) is 7.53. The molecule has 0 fully saturated rings. The number of nitrogens with zero attached hydrogens (tertiary/aromatic N) is 1. The summed E-state index contributed by atoms with van der Waals surface area (Å²) in [5, 5.41) is 14.9. The molecule has 0 aromatic heterocycles. The Bertz CT molecular complexity index is 717. The van der Waals surface area contributed by atoms with E-state index in [1.807, 2.05) is 6.07 Å². The first kappa shape index (κ1) is 16.0. The molecule has 0 unspecified atom stereocenters. The Morgan fingerprint density at radius 1 is 1.00 bits per heavy atom. The molecule has 0 atom stereocenters. The molecule has 4 N–H and O–H groups in total. The van der Waals surface area contributed by atoms with Crippen molar-refractivity contribution in [1.82, 2.24) is 0 Å². The van der Waals surface area contributed by atoms with E-state index in [-0.39, 0.29) is 11.1 Å². The molecule has 2 rings (SSSR count). The SMILES string of the molecule is N#Cc1ccc(F)cc1F.[NH+]#Cc1ccc(NN)cc1F. The molecule has 0 amide bonds. The highest BCUT2D eigenvalue weighted by Crippen LogP contribution is 2.11. The van der Waals surface area contributed by atoms with Crippen LogP contribution in [-0.4, -0.2) is 0 Å². The maximum Gasteiger partial charge on any atom is 0.311 e. The highest BCUT2D eigenvalue weighted by molar-refractivity contribution is 5.46. The van der Waals surface area contributed by atoms with Crippen LogP contribution in [0.2, 0.25) is 0 Å². The van der Waals surface area contributed by atoms with Crippen LogP contribution < -0.4 is 16.5 Å². The minimum Gasteiger partial charge on any atom is -0.324 e. The Balaban J connectivity index is 0.000000211. The second-order valence-corrected chi connectivity index (χ2v) is 3.70. The molecule has 4 nitrogen and oxygen atoms in total. The van der Waals surface area contributed by atoms with Crippen molar-refractivity contribution >= 4 is 5.69 Å². The molecule has 0 heterocycles. The van der Waals surface area contributed by atoms with Gasteiger partial charge in [-0.05, 0) is 30.3 Å². The third-order valence-corrected chi connectivity index (χ3v) is 2.32. The fraction of sp³-hybridized carbons (Fsp3) is 0. The van der Waals surface area contributed by atoms with Gasteiger partial charge >= 0.3 is 6.07 Å². The summed E-state index contributed by atoms with van der Waals surface area (Å²) >= 11 is 0. The summed E-state index contributed by atoms with van der Waals surface area (Å²) < 4.78 is 37.3. The quantitative estimate of drug-likeness (QED) is 0.542. The first-order chi connectivity index (χ1) is 10.0. The van der Waals surface area contributed by atoms with E-state index in [0.29, 0.717) is 11.8 Å². The van der Waals surface area contributed by atoms with Crippen molar-refractivity contribution in [2.45, 2.75) is 0 Å². The minimum absolute atomic E-state index is 0.129. The minimum atomic E-state index is -0.817. The molecular weight excluding hydrogens is 281 g/mol. The molecular formula is C14H10F3N4+. The summed E-state index contributed by atoms with van der Waals surface area (Å²) in [6, 6.07) is 10.6. The van der Waals surface area contributed by atoms with Gasteiger partial charge in [0.2, 0.25) is 0 Å². The lowest BCUT2D eigenvalue weighted by Crippen LogP contribution is -2.17. The number of hydrogen-bond acceptors (Lipinski definition) is 3. The van der Waals surface area contributed by atoms with Crippen molar-refractivity contribution in [2.24, 2.45) is 5.84 Å². The lowest BCUT2D eigenvalue weighted by atomic mass is 10.2. The zero-order valence-electron chi connectivity index (χ0n) is 10.6. The smallest absolute Gasteiger partial charge is 0.311 e. The van der Waals surface area contributed by atoms with Crippen LogP contribution in [0.15, 0.2) is 36.4 Å². The van der Waals surface area contributed by atoms with E-state index in [0.717, 1.165) is 12.1 Å². The van der Waals surface area contributed by atoms with Gasteiger partial charge < -0.3 is 5.43 Å². The van der Waals surface area contributed by atoms with Crippen molar-refractivity contribution in [3.63, 3.8) is 0 Å². The van der Waals surface area contributed by atoms with Gasteiger partial charge in [-0.2, -0.15) is 5.26 Å². The van der Waals surface area contributed by atoms with E-state index in [1.165, 1.54) is 12.1 Å². The summed E-state index contributed by atoms with van der Waals surface area (Å²) in [7, 11) is 0. The Hall–Kier alpha value is -3.03. The molecule has 0 radical (unpaired) electrons. The maximum absolute atomic E-state index is 12.8. The first-order valence-electron chi connectivity index (χ1n) is 5.56. The number of benzene rings is 2. The highest BCUT2D eigenvalue weighted by Gasteiger charge is 2.03. The van der Waals surface area contributed by atoms with Crippen LogP contribution in [0.1, 0.15) is 11.1 Å². The van der Waals surface area contributed by atoms with Crippen LogP contribution in [0.3, 0.4) is 0 Å². The average Bonchev–Trinajstić information content (AvgIpc) is 2.48. The molecule has 0 bridgehead atoms. The first-order valence-corrected chi connectivity index (χ1v) is 5.56. The zero-order chi connectivity index (χ0) is 15.8. The number of halogens is 3. The van der Waals surface area contributed by atoms with Crippen LogP contribution in [0.4, 0.5) is 18.9 Å². The van der Waals surface area contributed by atoms with Crippen molar-refractivity contribution in [3.8, 4) is 12.1 Å². The topological polar surface area (TPSA) is 85.6 Å². The average molecular weight is 291 g/mol. The Morgan fingerprint density at radius 3 is 2.10 bits per heavy atom. The number of rotatable bonds is 1. The van der Waals surface area contributed by atoms with Crippen molar-refractivity contribution < 1.29 is 18.4 Å². The molecule has 0 saturated heterocycles. The van der Waals surface area contributed by atoms with Gasteiger partial charge in [0.25, 0.3) is 0 Å². The summed E-state index contributed by atoms with van der Waals surface area (Å²) in [5.74, 6) is 3.04. The Kier molecular flexibility index (Phi) is 5.75. The number of hydrazine groups is 1. The van der Waals surface area contributed by atoms with Crippen LogP contribution in [-0.2, 0) is 0 Å². The van der Waals surface area contributed by atoms with Gasteiger partial charge in [0.05, 0.1) is 11.3 Å². The predicted molar refractivity (Wildman–Crippen MR) is 69.2 cm³/mol. The number of nitriles is 1. The van der Waals surface area contributed by atoms with Crippen molar-refractivity contribution in [1.29, 1.82) is 5.26 Å². The molecule has 0 aliphatic heterocycles. The van der Waals surface area contributed by atoms with Crippen LogP contribution in [0, 0.1) is 34.9 Å². The molecule has 21 heavy (non-hydrogen) atoms. The van der Waals surface area contributed by atoms with E-state index in [2.05, 4.69) is 5.43 Å². The standard InChI is InChI=1S/C7H3F2N.C7H6FN3/c8-6-2-1-5(4-10)7(9)3-6;8-7-3-6(11-10)2-1-5(7)4-9/h1-3H;1-3,11H,10H2/p+1. The molecule has 7 heteroatoms. The fourth-order valence-corrected chi connectivity index (χ4v) is 1.29. The van der Waals surface area contributed by atoms with Gasteiger partial charge in [0.15, 0.2) is 0 Å². The number of anilines is 1. The number of nitrogens with two attached hydrogens (primary N) is 1. The lowest BCUT2D eigenvalue weighted by molar-refractivity contribution is -0.0911. The van der Waals surface area contributed by atoms with Crippen molar-refractivity contribution in [3.05, 3.63) is 65.0 Å². The molecule has 0 spiro atoms. The van der Waals surface area contributed by atoms with Crippen LogP contribution in [0.5, 0.6) is 0 Å². The Morgan fingerprint density at radius 2 is 1.62 bits per heavy atom. The maximum atomic E-state index is 12.8. The summed E-state index contributed by atoms with van der Waals surface area (Å²) in [5.41, 5.74) is 2.75. The molecule has 2 aromatic rings. The third-order valence-electron chi connectivity index (χ3n) is 2.32. The normalized spacial score (nSPS) is 8.86. The Labute approximate surface area is 118 Å². The van der Waals surface area contributed by atoms with Gasteiger partial charge in [-0.3, -0.25) is 5.84 Å². The molecule has 2 aromatic carbocycles. The molecule has 106 valence electrons. The second-order valence-electron chi connectivity index (χ2n) is 3.70. The lowest BCUT2D eigenvalue weighted by Gasteiger charge is -1.97. The van der Waals surface area contributed by atoms with Gasteiger partial charge in [-0.1, -0.05) is 5.26 Å². The fourth-order valence-electron chi connectivity index (χ4n) is 1.29. The zero-order valence-corrected chi connectivity index (χ0v) is 10.6. The van der Waals surface area contributed by atoms with E-state index in [4.69, 9.17) is 16.4 Å². The van der Waals surface area contributed by atoms with Gasteiger partial charge in [-0.25, -0.2) is 13.2 Å².